The number of aliphatic hydroxyl groups excluding tert-OH is 1. The van der Waals surface area contributed by atoms with Crippen molar-refractivity contribution in [1.29, 1.82) is 0 Å². The van der Waals surface area contributed by atoms with E-state index in [1.807, 2.05) is 13.8 Å². The molecule has 1 aliphatic heterocycles. The molecule has 2 aromatic carbocycles. The van der Waals surface area contributed by atoms with Gasteiger partial charge in [-0.3, -0.25) is 4.79 Å². The molecule has 1 aliphatic rings. The molecule has 10 heteroatoms. The van der Waals surface area contributed by atoms with Gasteiger partial charge < -0.3 is 33.4 Å². The highest BCUT2D eigenvalue weighted by molar-refractivity contribution is 7.99. The summed E-state index contributed by atoms with van der Waals surface area (Å²) in [5, 5.41) is 10.1. The number of benzene rings is 2. The molecule has 1 atom stereocenters. The summed E-state index contributed by atoms with van der Waals surface area (Å²) in [7, 11) is 2.94. The maximum atomic E-state index is 13.0. The van der Waals surface area contributed by atoms with Crippen molar-refractivity contribution in [3.05, 3.63) is 46.6 Å². The van der Waals surface area contributed by atoms with Gasteiger partial charge in [0.1, 0.15) is 16.7 Å². The molecule has 1 fully saturated rings. The Morgan fingerprint density at radius 1 is 1.17 bits per heavy atom. The Morgan fingerprint density at radius 2 is 1.89 bits per heavy atom. The summed E-state index contributed by atoms with van der Waals surface area (Å²) in [5.41, 5.74) is 0.0347. The van der Waals surface area contributed by atoms with Gasteiger partial charge in [-0.2, -0.15) is 0 Å². The molecular formula is C26H29NO8S. The van der Waals surface area contributed by atoms with E-state index >= 15 is 0 Å². The number of likely N-dealkylation sites (tertiary alicyclic amines) is 1. The van der Waals surface area contributed by atoms with Crippen molar-refractivity contribution in [2.45, 2.75) is 48.8 Å². The third-order valence-electron chi connectivity index (χ3n) is 5.71. The highest BCUT2D eigenvalue weighted by atomic mass is 32.2. The molecule has 2 heterocycles. The van der Waals surface area contributed by atoms with Gasteiger partial charge in [-0.1, -0.05) is 11.8 Å². The molecule has 36 heavy (non-hydrogen) atoms. The molecule has 0 bridgehead atoms. The number of amides is 1. The number of ether oxygens (including phenoxy) is 4. The quantitative estimate of drug-likeness (QED) is 0.456. The zero-order valence-corrected chi connectivity index (χ0v) is 21.4. The zero-order valence-electron chi connectivity index (χ0n) is 20.6. The Bertz CT molecular complexity index is 1290. The predicted molar refractivity (Wildman–Crippen MR) is 135 cm³/mol. The van der Waals surface area contributed by atoms with Crippen molar-refractivity contribution < 1.29 is 33.3 Å². The summed E-state index contributed by atoms with van der Waals surface area (Å²) in [6.45, 7) is 4.26. The van der Waals surface area contributed by atoms with Crippen LogP contribution < -0.4 is 24.4 Å². The fourth-order valence-electron chi connectivity index (χ4n) is 4.12. The normalized spacial score (nSPS) is 15.4. The van der Waals surface area contributed by atoms with E-state index in [1.165, 1.54) is 32.0 Å². The smallest absolute Gasteiger partial charge is 0.415 e. The molecule has 192 valence electrons. The lowest BCUT2D eigenvalue weighted by atomic mass is 10.1. The van der Waals surface area contributed by atoms with E-state index in [9.17, 15) is 14.7 Å². The molecular weight excluding hydrogens is 486 g/mol. The van der Waals surface area contributed by atoms with Gasteiger partial charge in [0.2, 0.25) is 5.75 Å². The molecule has 1 amide bonds. The van der Waals surface area contributed by atoms with Crippen molar-refractivity contribution in [3.8, 4) is 23.0 Å². The summed E-state index contributed by atoms with van der Waals surface area (Å²) < 4.78 is 28.3. The number of methoxy groups -OCH3 is 2. The van der Waals surface area contributed by atoms with Crippen molar-refractivity contribution >= 4 is 28.8 Å². The number of carbonyl (C=O) groups excluding carboxylic acids is 1. The van der Waals surface area contributed by atoms with Crippen LogP contribution in [0.3, 0.4) is 0 Å². The van der Waals surface area contributed by atoms with E-state index < -0.39 is 6.09 Å². The van der Waals surface area contributed by atoms with E-state index in [0.29, 0.717) is 34.5 Å². The Balaban J connectivity index is 1.56. The summed E-state index contributed by atoms with van der Waals surface area (Å²) in [4.78, 5) is 27.7. The van der Waals surface area contributed by atoms with Crippen LogP contribution >= 0.6 is 11.8 Å². The van der Waals surface area contributed by atoms with Crippen LogP contribution in [0.25, 0.3) is 11.0 Å². The van der Waals surface area contributed by atoms with Gasteiger partial charge in [-0.25, -0.2) is 4.79 Å². The standard InChI is InChI=1S/C26H29NO8S/c1-15(2)33-21-13-20-23(25(32-4)24(21)31-3)19(29)12-22(35-20)36-18-9-7-17(8-10-18)34-26(30)27-11-5-6-16(27)14-28/h7-10,12-13,15-16,28H,5-6,11,14H2,1-4H3/t16-/m0/s1. The molecule has 0 aliphatic carbocycles. The van der Waals surface area contributed by atoms with Crippen molar-refractivity contribution in [3.63, 3.8) is 0 Å². The van der Waals surface area contributed by atoms with Crippen LogP contribution in [0.1, 0.15) is 26.7 Å². The lowest BCUT2D eigenvalue weighted by Gasteiger charge is -2.22. The lowest BCUT2D eigenvalue weighted by molar-refractivity contribution is 0.124. The van der Waals surface area contributed by atoms with Crippen molar-refractivity contribution in [2.75, 3.05) is 27.4 Å². The number of rotatable bonds is 8. The molecule has 0 radical (unpaired) electrons. The number of carbonyl (C=O) groups is 1. The van der Waals surface area contributed by atoms with Crippen LogP contribution in [0.2, 0.25) is 0 Å². The second-order valence-electron chi connectivity index (χ2n) is 8.52. The third kappa shape index (κ3) is 5.39. The molecule has 1 aromatic heterocycles. The van der Waals surface area contributed by atoms with E-state index in [2.05, 4.69) is 0 Å². The van der Waals surface area contributed by atoms with Crippen LogP contribution in [-0.4, -0.2) is 55.6 Å². The van der Waals surface area contributed by atoms with Gasteiger partial charge in [0.05, 0.1) is 33.0 Å². The molecule has 0 spiro atoms. The largest absolute Gasteiger partial charge is 0.492 e. The summed E-state index contributed by atoms with van der Waals surface area (Å²) in [6.07, 6.45) is 1.01. The number of hydrogen-bond donors (Lipinski definition) is 1. The first-order valence-electron chi connectivity index (χ1n) is 11.6. The molecule has 0 unspecified atom stereocenters. The molecule has 4 rings (SSSR count). The number of fused-ring (bicyclic) bond motifs is 1. The highest BCUT2D eigenvalue weighted by Gasteiger charge is 2.29. The summed E-state index contributed by atoms with van der Waals surface area (Å²) in [5.74, 6) is 1.38. The van der Waals surface area contributed by atoms with Gasteiger partial charge in [-0.15, -0.1) is 0 Å². The third-order valence-corrected chi connectivity index (χ3v) is 6.62. The number of nitrogens with zero attached hydrogens (tertiary/aromatic N) is 1. The number of hydrogen-bond acceptors (Lipinski definition) is 9. The summed E-state index contributed by atoms with van der Waals surface area (Å²) >= 11 is 1.25. The van der Waals surface area contributed by atoms with Crippen LogP contribution in [0.15, 0.2) is 55.6 Å². The molecule has 1 saturated heterocycles. The fraction of sp³-hybridized carbons (Fsp3) is 0.385. The first-order valence-corrected chi connectivity index (χ1v) is 12.4. The van der Waals surface area contributed by atoms with Crippen molar-refractivity contribution in [2.24, 2.45) is 0 Å². The van der Waals surface area contributed by atoms with E-state index in [-0.39, 0.29) is 35.3 Å². The maximum absolute atomic E-state index is 13.0. The maximum Gasteiger partial charge on any atom is 0.415 e. The second-order valence-corrected chi connectivity index (χ2v) is 9.60. The monoisotopic (exact) mass is 515 g/mol. The van der Waals surface area contributed by atoms with E-state index in [0.717, 1.165) is 17.7 Å². The highest BCUT2D eigenvalue weighted by Crippen LogP contribution is 2.43. The van der Waals surface area contributed by atoms with Crippen LogP contribution in [0, 0.1) is 0 Å². The minimum Gasteiger partial charge on any atom is -0.492 e. The number of aliphatic hydroxyl groups is 1. The van der Waals surface area contributed by atoms with Gasteiger partial charge in [0.15, 0.2) is 22.0 Å². The molecule has 0 saturated carbocycles. The van der Waals surface area contributed by atoms with Crippen molar-refractivity contribution in [1.82, 2.24) is 4.90 Å². The second kappa shape index (κ2) is 11.1. The van der Waals surface area contributed by atoms with E-state index in [4.69, 9.17) is 23.4 Å². The first kappa shape index (κ1) is 25.7. The van der Waals surface area contributed by atoms with E-state index in [1.54, 1.807) is 35.2 Å². The topological polar surface area (TPSA) is 108 Å². The van der Waals surface area contributed by atoms with Gasteiger partial charge in [-0.05, 0) is 51.0 Å². The minimum absolute atomic E-state index is 0.0780. The molecule has 3 aromatic rings. The Morgan fingerprint density at radius 3 is 2.53 bits per heavy atom. The predicted octanol–water partition coefficient (Wildman–Crippen LogP) is 4.70. The fourth-order valence-corrected chi connectivity index (χ4v) is 4.92. The van der Waals surface area contributed by atoms with Gasteiger partial charge >= 0.3 is 6.09 Å². The summed E-state index contributed by atoms with van der Waals surface area (Å²) in [6, 6.07) is 9.71. The molecule has 1 N–H and O–H groups in total. The van der Waals surface area contributed by atoms with Crippen LogP contribution in [-0.2, 0) is 0 Å². The minimum atomic E-state index is -0.476. The Kier molecular flexibility index (Phi) is 7.95. The zero-order chi connectivity index (χ0) is 25.8. The average molecular weight is 516 g/mol. The Labute approximate surface area is 212 Å². The first-order chi connectivity index (χ1) is 17.3. The average Bonchev–Trinajstić information content (AvgIpc) is 3.33. The lowest BCUT2D eigenvalue weighted by Crippen LogP contribution is -2.39. The van der Waals surface area contributed by atoms with Crippen LogP contribution in [0.4, 0.5) is 4.79 Å². The van der Waals surface area contributed by atoms with Gasteiger partial charge in [0, 0.05) is 23.6 Å². The SMILES string of the molecule is COc1c(OC(C)C)cc2oc(Sc3ccc(OC(=O)N4CCC[C@H]4CO)cc3)cc(=O)c2c1OC. The Hall–Kier alpha value is -3.37. The van der Waals surface area contributed by atoms with Crippen LogP contribution in [0.5, 0.6) is 23.0 Å². The van der Waals surface area contributed by atoms with Gasteiger partial charge in [0.25, 0.3) is 0 Å². The molecule has 9 nitrogen and oxygen atoms in total.